The fraction of sp³-hybridized carbons (Fsp3) is 0.294. The Morgan fingerprint density at radius 1 is 0.950 bits per heavy atom. The third kappa shape index (κ3) is 5.13. The van der Waals surface area contributed by atoms with E-state index in [-0.39, 0.29) is 6.10 Å². The molecule has 0 fully saturated rings. The van der Waals surface area contributed by atoms with Gasteiger partial charge in [0.2, 0.25) is 0 Å². The highest BCUT2D eigenvalue weighted by Gasteiger charge is 2.04. The summed E-state index contributed by atoms with van der Waals surface area (Å²) in [7, 11) is 0. The SMILES string of the molecule is C[C@@H](CN([O-])Cc1ccccc1)OCc1ccccc1. The summed E-state index contributed by atoms with van der Waals surface area (Å²) in [6, 6.07) is 19.7. The summed E-state index contributed by atoms with van der Waals surface area (Å²) in [4.78, 5) is 0. The number of hydrogen-bond donors (Lipinski definition) is 0. The van der Waals surface area contributed by atoms with E-state index in [0.29, 0.717) is 19.7 Å². The van der Waals surface area contributed by atoms with Crippen molar-refractivity contribution in [3.05, 3.63) is 77.0 Å². The van der Waals surface area contributed by atoms with Crippen molar-refractivity contribution < 1.29 is 4.74 Å². The Hall–Kier alpha value is -1.68. The molecule has 2 aromatic rings. The van der Waals surface area contributed by atoms with E-state index in [1.807, 2.05) is 67.6 Å². The molecular weight excluding hydrogens is 250 g/mol. The molecule has 3 heteroatoms. The van der Waals surface area contributed by atoms with Crippen LogP contribution < -0.4 is 0 Å². The molecule has 0 aliphatic rings. The number of hydrogen-bond acceptors (Lipinski definition) is 3. The fourth-order valence-corrected chi connectivity index (χ4v) is 2.00. The van der Waals surface area contributed by atoms with Crippen LogP contribution >= 0.6 is 0 Å². The Kier molecular flexibility index (Phi) is 5.74. The van der Waals surface area contributed by atoms with Crippen LogP contribution in [0.2, 0.25) is 0 Å². The largest absolute Gasteiger partial charge is 0.785 e. The smallest absolute Gasteiger partial charge is 0.0721 e. The maximum absolute atomic E-state index is 11.9. The lowest BCUT2D eigenvalue weighted by Crippen LogP contribution is -2.27. The first-order valence-corrected chi connectivity index (χ1v) is 6.85. The van der Waals surface area contributed by atoms with Crippen LogP contribution in [0.3, 0.4) is 0 Å². The minimum atomic E-state index is -0.0866. The number of rotatable bonds is 7. The molecule has 0 aromatic heterocycles. The lowest BCUT2D eigenvalue weighted by molar-refractivity contribution is 0.0347. The molecule has 0 saturated heterocycles. The zero-order valence-electron chi connectivity index (χ0n) is 11.7. The molecule has 0 aliphatic heterocycles. The summed E-state index contributed by atoms with van der Waals surface area (Å²) in [6.45, 7) is 3.25. The predicted octanol–water partition coefficient (Wildman–Crippen LogP) is 3.59. The Labute approximate surface area is 120 Å². The second-order valence-electron chi connectivity index (χ2n) is 4.92. The molecule has 1 atom stereocenters. The average molecular weight is 270 g/mol. The van der Waals surface area contributed by atoms with Gasteiger partial charge in [-0.1, -0.05) is 60.7 Å². The van der Waals surface area contributed by atoms with Crippen LogP contribution in [0.15, 0.2) is 60.7 Å². The molecule has 0 radical (unpaired) electrons. The highest BCUT2D eigenvalue weighted by atomic mass is 16.5. The molecule has 0 heterocycles. The maximum Gasteiger partial charge on any atom is 0.0721 e. The minimum absolute atomic E-state index is 0.0866. The van der Waals surface area contributed by atoms with Gasteiger partial charge in [0.25, 0.3) is 0 Å². The molecule has 0 unspecified atom stereocenters. The van der Waals surface area contributed by atoms with Crippen LogP contribution in [0.4, 0.5) is 0 Å². The van der Waals surface area contributed by atoms with E-state index in [0.717, 1.165) is 16.2 Å². The molecule has 0 aliphatic carbocycles. The number of nitrogens with zero attached hydrogens (tertiary/aromatic N) is 1. The van der Waals surface area contributed by atoms with Crippen LogP contribution in [0.5, 0.6) is 0 Å². The van der Waals surface area contributed by atoms with Crippen LogP contribution in [-0.2, 0) is 17.9 Å². The van der Waals surface area contributed by atoms with Crippen molar-refractivity contribution in [2.24, 2.45) is 0 Å². The van der Waals surface area contributed by atoms with Gasteiger partial charge in [0.05, 0.1) is 12.7 Å². The van der Waals surface area contributed by atoms with Gasteiger partial charge in [0, 0.05) is 13.1 Å². The van der Waals surface area contributed by atoms with E-state index in [9.17, 15) is 5.21 Å². The predicted molar refractivity (Wildman–Crippen MR) is 80.9 cm³/mol. The number of ether oxygens (including phenoxy) is 1. The molecule has 20 heavy (non-hydrogen) atoms. The van der Waals surface area contributed by atoms with Crippen LogP contribution in [0.25, 0.3) is 0 Å². The third-order valence-corrected chi connectivity index (χ3v) is 3.04. The van der Waals surface area contributed by atoms with Crippen molar-refractivity contribution >= 4 is 0 Å². The Morgan fingerprint density at radius 3 is 2.10 bits per heavy atom. The van der Waals surface area contributed by atoms with Gasteiger partial charge in [0.15, 0.2) is 0 Å². The Bertz CT molecular complexity index is 487. The summed E-state index contributed by atoms with van der Waals surface area (Å²) in [5.41, 5.74) is 2.15. The van der Waals surface area contributed by atoms with Gasteiger partial charge in [0.1, 0.15) is 0 Å². The van der Waals surface area contributed by atoms with Gasteiger partial charge in [-0.3, -0.25) is 0 Å². The van der Waals surface area contributed by atoms with Gasteiger partial charge in [-0.25, -0.2) is 0 Å². The second-order valence-corrected chi connectivity index (χ2v) is 4.92. The summed E-state index contributed by atoms with van der Waals surface area (Å²) < 4.78 is 5.69. The quantitative estimate of drug-likeness (QED) is 0.721. The molecule has 2 rings (SSSR count). The summed E-state index contributed by atoms with van der Waals surface area (Å²) in [5.74, 6) is 0. The molecule has 0 N–H and O–H groups in total. The second kappa shape index (κ2) is 7.80. The summed E-state index contributed by atoms with van der Waals surface area (Å²) in [5, 5.41) is 12.9. The number of hydroxylamine groups is 2. The molecule has 3 nitrogen and oxygen atoms in total. The van der Waals surface area contributed by atoms with Crippen molar-refractivity contribution in [2.45, 2.75) is 26.2 Å². The molecule has 0 spiro atoms. The number of benzene rings is 2. The first-order valence-electron chi connectivity index (χ1n) is 6.85. The normalized spacial score (nSPS) is 12.6. The molecular formula is C17H20NO2-. The molecule has 106 valence electrons. The highest BCUT2D eigenvalue weighted by Crippen LogP contribution is 2.07. The topological polar surface area (TPSA) is 35.5 Å². The lowest BCUT2D eigenvalue weighted by atomic mass is 10.2. The highest BCUT2D eigenvalue weighted by molar-refractivity contribution is 5.15. The van der Waals surface area contributed by atoms with E-state index >= 15 is 0 Å². The van der Waals surface area contributed by atoms with E-state index in [2.05, 4.69) is 0 Å². The van der Waals surface area contributed by atoms with Gasteiger partial charge >= 0.3 is 0 Å². The zero-order chi connectivity index (χ0) is 14.2. The van der Waals surface area contributed by atoms with E-state index in [4.69, 9.17) is 4.74 Å². The van der Waals surface area contributed by atoms with Gasteiger partial charge in [-0.05, 0) is 18.1 Å². The van der Waals surface area contributed by atoms with Crippen molar-refractivity contribution in [3.63, 3.8) is 0 Å². The first kappa shape index (κ1) is 14.7. The fourth-order valence-electron chi connectivity index (χ4n) is 2.00. The van der Waals surface area contributed by atoms with Crippen molar-refractivity contribution in [1.82, 2.24) is 5.06 Å². The molecule has 0 bridgehead atoms. The Balaban J connectivity index is 1.72. The molecule has 0 amide bonds. The van der Waals surface area contributed by atoms with E-state index in [1.54, 1.807) is 0 Å². The van der Waals surface area contributed by atoms with E-state index < -0.39 is 0 Å². The van der Waals surface area contributed by atoms with Crippen LogP contribution in [-0.4, -0.2) is 17.7 Å². The van der Waals surface area contributed by atoms with Crippen LogP contribution in [0, 0.1) is 5.21 Å². The van der Waals surface area contributed by atoms with Crippen LogP contribution in [0.1, 0.15) is 18.1 Å². The van der Waals surface area contributed by atoms with Gasteiger partial charge in [-0.15, -0.1) is 0 Å². The first-order chi connectivity index (χ1) is 9.74. The zero-order valence-corrected chi connectivity index (χ0v) is 11.7. The standard InChI is InChI=1S/C17H20NO2/c1-15(20-14-17-10-6-3-7-11-17)12-18(19)13-16-8-4-2-5-9-16/h2-11,15H,12-14H2,1H3/q-1/t15-/m0/s1. The Morgan fingerprint density at radius 2 is 1.50 bits per heavy atom. The van der Waals surface area contributed by atoms with E-state index in [1.165, 1.54) is 0 Å². The molecule has 2 aromatic carbocycles. The van der Waals surface area contributed by atoms with Crippen molar-refractivity contribution in [1.29, 1.82) is 0 Å². The summed E-state index contributed by atoms with van der Waals surface area (Å²) in [6.07, 6.45) is -0.0866. The summed E-state index contributed by atoms with van der Waals surface area (Å²) >= 11 is 0. The monoisotopic (exact) mass is 270 g/mol. The van der Waals surface area contributed by atoms with Crippen molar-refractivity contribution in [2.75, 3.05) is 6.54 Å². The van der Waals surface area contributed by atoms with Crippen molar-refractivity contribution in [3.8, 4) is 0 Å². The van der Waals surface area contributed by atoms with Gasteiger partial charge < -0.3 is 15.0 Å². The molecule has 0 saturated carbocycles. The lowest BCUT2D eigenvalue weighted by Gasteiger charge is -2.31. The maximum atomic E-state index is 11.9. The van der Waals surface area contributed by atoms with Gasteiger partial charge in [-0.2, -0.15) is 0 Å². The minimum Gasteiger partial charge on any atom is -0.785 e. The average Bonchev–Trinajstić information content (AvgIpc) is 2.47. The third-order valence-electron chi connectivity index (χ3n) is 3.04.